The number of benzene rings is 2. The first-order valence-corrected chi connectivity index (χ1v) is 6.75. The molecular weight excluding hydrogens is 291 g/mol. The van der Waals surface area contributed by atoms with Crippen molar-refractivity contribution in [3.63, 3.8) is 0 Å². The Morgan fingerprint density at radius 1 is 1.33 bits per heavy atom. The zero-order valence-electron chi connectivity index (χ0n) is 11.4. The number of halogens is 2. The van der Waals surface area contributed by atoms with Crippen LogP contribution in [0.5, 0.6) is 5.75 Å². The van der Waals surface area contributed by atoms with Gasteiger partial charge in [0.25, 0.3) is 0 Å². The molecule has 5 heteroatoms. The lowest BCUT2D eigenvalue weighted by molar-refractivity contribution is 0.300. The predicted octanol–water partition coefficient (Wildman–Crippen LogP) is 3.95. The third-order valence-electron chi connectivity index (χ3n) is 3.03. The SMILES string of the molecule is CC(N)c1ccc(F)cc1OCc1ccc(C#N)cc1Cl. The number of hydrogen-bond acceptors (Lipinski definition) is 3. The number of nitrogens with zero attached hydrogens (tertiary/aromatic N) is 1. The van der Waals surface area contributed by atoms with E-state index in [-0.39, 0.29) is 18.5 Å². The molecule has 0 heterocycles. The maximum absolute atomic E-state index is 13.3. The minimum Gasteiger partial charge on any atom is -0.488 e. The van der Waals surface area contributed by atoms with Crippen LogP contribution >= 0.6 is 11.6 Å². The largest absolute Gasteiger partial charge is 0.488 e. The van der Waals surface area contributed by atoms with Crippen LogP contribution in [-0.4, -0.2) is 0 Å². The normalized spacial score (nSPS) is 11.8. The van der Waals surface area contributed by atoms with Crippen LogP contribution in [0, 0.1) is 17.1 Å². The summed E-state index contributed by atoms with van der Waals surface area (Å²) >= 11 is 6.08. The summed E-state index contributed by atoms with van der Waals surface area (Å²) in [6.07, 6.45) is 0. The van der Waals surface area contributed by atoms with E-state index in [1.165, 1.54) is 12.1 Å². The molecule has 1 unspecified atom stereocenters. The van der Waals surface area contributed by atoms with Gasteiger partial charge in [-0.15, -0.1) is 0 Å². The first-order chi connectivity index (χ1) is 10.0. The molecule has 0 aromatic heterocycles. The molecule has 2 aromatic rings. The monoisotopic (exact) mass is 304 g/mol. The van der Waals surface area contributed by atoms with E-state index in [4.69, 9.17) is 27.3 Å². The highest BCUT2D eigenvalue weighted by atomic mass is 35.5. The third-order valence-corrected chi connectivity index (χ3v) is 3.38. The molecule has 0 radical (unpaired) electrons. The van der Waals surface area contributed by atoms with Crippen LogP contribution < -0.4 is 10.5 Å². The van der Waals surface area contributed by atoms with E-state index >= 15 is 0 Å². The molecule has 2 N–H and O–H groups in total. The fraction of sp³-hybridized carbons (Fsp3) is 0.188. The van der Waals surface area contributed by atoms with Gasteiger partial charge in [0.15, 0.2) is 0 Å². The zero-order chi connectivity index (χ0) is 15.4. The first kappa shape index (κ1) is 15.3. The Hall–Kier alpha value is -2.09. The first-order valence-electron chi connectivity index (χ1n) is 6.37. The van der Waals surface area contributed by atoms with Gasteiger partial charge >= 0.3 is 0 Å². The molecule has 0 saturated carbocycles. The maximum Gasteiger partial charge on any atom is 0.127 e. The van der Waals surface area contributed by atoms with Gasteiger partial charge < -0.3 is 10.5 Å². The summed E-state index contributed by atoms with van der Waals surface area (Å²) in [7, 11) is 0. The third kappa shape index (κ3) is 3.72. The van der Waals surface area contributed by atoms with E-state index in [0.717, 1.165) is 11.1 Å². The molecule has 0 amide bonds. The highest BCUT2D eigenvalue weighted by Gasteiger charge is 2.11. The number of rotatable bonds is 4. The van der Waals surface area contributed by atoms with E-state index in [9.17, 15) is 4.39 Å². The Labute approximate surface area is 127 Å². The van der Waals surface area contributed by atoms with Gasteiger partial charge in [-0.3, -0.25) is 0 Å². The van der Waals surface area contributed by atoms with Crippen LogP contribution in [-0.2, 0) is 6.61 Å². The number of ether oxygens (including phenoxy) is 1. The molecule has 0 aliphatic carbocycles. The molecule has 2 rings (SSSR count). The Bertz CT molecular complexity index is 695. The molecule has 0 aliphatic rings. The van der Waals surface area contributed by atoms with E-state index in [1.54, 1.807) is 31.2 Å². The quantitative estimate of drug-likeness (QED) is 0.930. The van der Waals surface area contributed by atoms with Crippen molar-refractivity contribution in [2.45, 2.75) is 19.6 Å². The molecule has 0 bridgehead atoms. The molecule has 0 aliphatic heterocycles. The smallest absolute Gasteiger partial charge is 0.127 e. The van der Waals surface area contributed by atoms with E-state index < -0.39 is 0 Å². The second kappa shape index (κ2) is 6.57. The molecule has 108 valence electrons. The molecule has 0 spiro atoms. The van der Waals surface area contributed by atoms with Crippen molar-refractivity contribution in [3.8, 4) is 11.8 Å². The second-order valence-electron chi connectivity index (χ2n) is 4.68. The van der Waals surface area contributed by atoms with Gasteiger partial charge in [-0.2, -0.15) is 5.26 Å². The maximum atomic E-state index is 13.3. The van der Waals surface area contributed by atoms with Crippen LogP contribution in [0.2, 0.25) is 5.02 Å². The second-order valence-corrected chi connectivity index (χ2v) is 5.08. The Kier molecular flexibility index (Phi) is 4.79. The summed E-state index contributed by atoms with van der Waals surface area (Å²) in [5.41, 5.74) is 7.76. The fourth-order valence-corrected chi connectivity index (χ4v) is 2.13. The van der Waals surface area contributed by atoms with Gasteiger partial charge in [-0.05, 0) is 25.1 Å². The summed E-state index contributed by atoms with van der Waals surface area (Å²) in [4.78, 5) is 0. The summed E-state index contributed by atoms with van der Waals surface area (Å²) in [6, 6.07) is 10.9. The Morgan fingerprint density at radius 2 is 2.10 bits per heavy atom. The minimum absolute atomic E-state index is 0.174. The van der Waals surface area contributed by atoms with Crippen molar-refractivity contribution < 1.29 is 9.13 Å². The van der Waals surface area contributed by atoms with Crippen molar-refractivity contribution in [2.24, 2.45) is 5.73 Å². The topological polar surface area (TPSA) is 59.0 Å². The van der Waals surface area contributed by atoms with Gasteiger partial charge in [0.2, 0.25) is 0 Å². The van der Waals surface area contributed by atoms with Crippen LogP contribution in [0.4, 0.5) is 4.39 Å². The fourth-order valence-electron chi connectivity index (χ4n) is 1.90. The molecule has 1 atom stereocenters. The van der Waals surface area contributed by atoms with Crippen molar-refractivity contribution in [2.75, 3.05) is 0 Å². The number of nitriles is 1. The van der Waals surface area contributed by atoms with Crippen molar-refractivity contribution in [1.29, 1.82) is 5.26 Å². The Balaban J connectivity index is 2.20. The summed E-state index contributed by atoms with van der Waals surface area (Å²) in [5, 5.41) is 9.23. The van der Waals surface area contributed by atoms with Gasteiger partial charge in [0.05, 0.1) is 11.6 Å². The van der Waals surface area contributed by atoms with Crippen LogP contribution in [0.25, 0.3) is 0 Å². The predicted molar refractivity (Wildman–Crippen MR) is 79.5 cm³/mol. The molecule has 2 aromatic carbocycles. The van der Waals surface area contributed by atoms with Crippen molar-refractivity contribution in [1.82, 2.24) is 0 Å². The van der Waals surface area contributed by atoms with Gasteiger partial charge in [0, 0.05) is 28.3 Å². The van der Waals surface area contributed by atoms with Crippen LogP contribution in [0.15, 0.2) is 36.4 Å². The molecule has 3 nitrogen and oxygen atoms in total. The average molecular weight is 305 g/mol. The summed E-state index contributed by atoms with van der Waals surface area (Å²) in [5.74, 6) is 0.00533. The van der Waals surface area contributed by atoms with E-state index in [2.05, 4.69) is 0 Å². The highest BCUT2D eigenvalue weighted by molar-refractivity contribution is 6.31. The minimum atomic E-state index is -0.389. The van der Waals surface area contributed by atoms with Crippen molar-refractivity contribution in [3.05, 3.63) is 63.9 Å². The lowest BCUT2D eigenvalue weighted by Crippen LogP contribution is -2.08. The average Bonchev–Trinajstić information content (AvgIpc) is 2.45. The highest BCUT2D eigenvalue weighted by Crippen LogP contribution is 2.27. The lowest BCUT2D eigenvalue weighted by Gasteiger charge is -2.14. The van der Waals surface area contributed by atoms with Crippen LogP contribution in [0.3, 0.4) is 0 Å². The molecule has 0 fully saturated rings. The molecule has 0 saturated heterocycles. The summed E-state index contributed by atoms with van der Waals surface area (Å²) < 4.78 is 19.0. The van der Waals surface area contributed by atoms with Crippen LogP contribution in [0.1, 0.15) is 29.7 Å². The molecule has 21 heavy (non-hydrogen) atoms. The van der Waals surface area contributed by atoms with Crippen molar-refractivity contribution >= 4 is 11.6 Å². The van der Waals surface area contributed by atoms with E-state index in [0.29, 0.717) is 16.3 Å². The zero-order valence-corrected chi connectivity index (χ0v) is 12.2. The van der Waals surface area contributed by atoms with E-state index in [1.807, 2.05) is 6.07 Å². The van der Waals surface area contributed by atoms with Gasteiger partial charge in [-0.1, -0.05) is 23.7 Å². The standard InChI is InChI=1S/C16H14ClFN2O/c1-10(20)14-5-4-13(18)7-16(14)21-9-12-3-2-11(8-19)6-15(12)17/h2-7,10H,9,20H2,1H3. The van der Waals surface area contributed by atoms with Gasteiger partial charge in [0.1, 0.15) is 18.2 Å². The van der Waals surface area contributed by atoms with Gasteiger partial charge in [-0.25, -0.2) is 4.39 Å². The lowest BCUT2D eigenvalue weighted by atomic mass is 10.1. The molecular formula is C16H14ClFN2O. The number of hydrogen-bond donors (Lipinski definition) is 1. The Morgan fingerprint density at radius 3 is 2.71 bits per heavy atom. The summed E-state index contributed by atoms with van der Waals surface area (Å²) in [6.45, 7) is 1.97. The number of nitrogens with two attached hydrogens (primary N) is 1.